The predicted octanol–water partition coefficient (Wildman–Crippen LogP) is 2.99. The van der Waals surface area contributed by atoms with Crippen molar-refractivity contribution in [3.63, 3.8) is 0 Å². The number of aliphatic hydroxyl groups is 1. The summed E-state index contributed by atoms with van der Waals surface area (Å²) in [5, 5.41) is 12.2. The summed E-state index contributed by atoms with van der Waals surface area (Å²) < 4.78 is 0. The predicted molar refractivity (Wildman–Crippen MR) is 110 cm³/mol. The molecule has 1 aliphatic heterocycles. The topological polar surface area (TPSA) is 69.6 Å². The van der Waals surface area contributed by atoms with Crippen molar-refractivity contribution in [2.75, 3.05) is 32.8 Å². The minimum atomic E-state index is -0.0798. The van der Waals surface area contributed by atoms with E-state index in [2.05, 4.69) is 10.2 Å². The van der Waals surface area contributed by atoms with Crippen molar-refractivity contribution < 1.29 is 14.7 Å². The number of likely N-dealkylation sites (tertiary alicyclic amines) is 1. The summed E-state index contributed by atoms with van der Waals surface area (Å²) in [5.74, 6) is 0.363. The first kappa shape index (κ1) is 20.2. The van der Waals surface area contributed by atoms with Gasteiger partial charge in [0.1, 0.15) is 0 Å². The second-order valence-electron chi connectivity index (χ2n) is 7.46. The molecule has 5 heteroatoms. The fraction of sp³-hybridized carbons (Fsp3) is 0.391. The minimum Gasteiger partial charge on any atom is -0.395 e. The molecule has 0 bridgehead atoms. The van der Waals surface area contributed by atoms with Crippen LogP contribution < -0.4 is 5.32 Å². The monoisotopic (exact) mass is 380 g/mol. The van der Waals surface area contributed by atoms with Crippen LogP contribution in [-0.4, -0.2) is 54.5 Å². The number of ketones is 1. The van der Waals surface area contributed by atoms with E-state index in [1.165, 1.54) is 0 Å². The zero-order valence-electron chi connectivity index (χ0n) is 16.4. The minimum absolute atomic E-state index is 0.0264. The maximum absolute atomic E-state index is 12.6. The van der Waals surface area contributed by atoms with E-state index in [1.54, 1.807) is 13.0 Å². The molecular formula is C23H28N2O3. The zero-order valence-corrected chi connectivity index (χ0v) is 16.4. The van der Waals surface area contributed by atoms with Gasteiger partial charge in [0.15, 0.2) is 5.78 Å². The molecule has 2 aromatic carbocycles. The second kappa shape index (κ2) is 9.62. The highest BCUT2D eigenvalue weighted by atomic mass is 16.3. The Morgan fingerprint density at radius 1 is 1.11 bits per heavy atom. The number of rotatable bonds is 7. The van der Waals surface area contributed by atoms with Crippen molar-refractivity contribution in [2.24, 2.45) is 5.92 Å². The Kier molecular flexibility index (Phi) is 6.95. The third kappa shape index (κ3) is 5.27. The van der Waals surface area contributed by atoms with E-state index in [0.717, 1.165) is 37.1 Å². The van der Waals surface area contributed by atoms with Gasteiger partial charge in [-0.25, -0.2) is 0 Å². The summed E-state index contributed by atoms with van der Waals surface area (Å²) in [7, 11) is 0. The van der Waals surface area contributed by atoms with E-state index < -0.39 is 0 Å². The zero-order chi connectivity index (χ0) is 19.9. The molecular weight excluding hydrogens is 352 g/mol. The van der Waals surface area contributed by atoms with Gasteiger partial charge in [0.05, 0.1) is 6.61 Å². The maximum Gasteiger partial charge on any atom is 0.251 e. The Balaban J connectivity index is 1.64. The Labute approximate surface area is 166 Å². The van der Waals surface area contributed by atoms with E-state index in [1.807, 2.05) is 42.5 Å². The molecule has 1 amide bonds. The summed E-state index contributed by atoms with van der Waals surface area (Å²) in [4.78, 5) is 26.5. The number of β-amino-alcohol motifs (C(OH)–C–C–N with tert-alkyl or cyclic N) is 1. The molecule has 2 N–H and O–H groups in total. The SMILES string of the molecule is CC(=O)c1cccc(-c2cccc(C(=O)NC[C@H]3CCCN(CCO)C3)c2)c1. The van der Waals surface area contributed by atoms with Crippen LogP contribution in [0.25, 0.3) is 11.1 Å². The highest BCUT2D eigenvalue weighted by molar-refractivity contribution is 5.97. The number of carbonyl (C=O) groups excluding carboxylic acids is 2. The molecule has 0 spiro atoms. The molecule has 148 valence electrons. The van der Waals surface area contributed by atoms with Crippen LogP contribution in [0, 0.1) is 5.92 Å². The van der Waals surface area contributed by atoms with Gasteiger partial charge in [-0.2, -0.15) is 0 Å². The summed E-state index contributed by atoms with van der Waals surface area (Å²) >= 11 is 0. The van der Waals surface area contributed by atoms with Gasteiger partial charge in [-0.3, -0.25) is 9.59 Å². The maximum atomic E-state index is 12.6. The lowest BCUT2D eigenvalue weighted by atomic mass is 9.97. The number of Topliss-reactive ketones (excluding diaryl/α,β-unsaturated/α-hetero) is 1. The van der Waals surface area contributed by atoms with Gasteiger partial charge < -0.3 is 15.3 Å². The van der Waals surface area contributed by atoms with Crippen molar-refractivity contribution in [3.05, 3.63) is 59.7 Å². The Morgan fingerprint density at radius 2 is 1.79 bits per heavy atom. The molecule has 0 saturated carbocycles. The molecule has 28 heavy (non-hydrogen) atoms. The van der Waals surface area contributed by atoms with Gasteiger partial charge in [0.2, 0.25) is 0 Å². The third-order valence-corrected chi connectivity index (χ3v) is 5.30. The van der Waals surface area contributed by atoms with E-state index in [0.29, 0.717) is 30.1 Å². The van der Waals surface area contributed by atoms with Crippen LogP contribution >= 0.6 is 0 Å². The number of amides is 1. The molecule has 0 aliphatic carbocycles. The van der Waals surface area contributed by atoms with Gasteiger partial charge in [0.25, 0.3) is 5.91 Å². The number of carbonyl (C=O) groups is 2. The standard InChI is InChI=1S/C23H28N2O3/c1-17(27)19-6-2-7-20(13-19)21-8-3-9-22(14-21)23(28)24-15-18-5-4-10-25(16-18)11-12-26/h2-3,6-9,13-14,18,26H,4-5,10-12,15-16H2,1H3,(H,24,28)/t18-/m1/s1. The smallest absolute Gasteiger partial charge is 0.251 e. The van der Waals surface area contributed by atoms with Gasteiger partial charge in [-0.15, -0.1) is 0 Å². The first-order valence-corrected chi connectivity index (χ1v) is 9.89. The van der Waals surface area contributed by atoms with Crippen LogP contribution in [0.5, 0.6) is 0 Å². The van der Waals surface area contributed by atoms with Crippen LogP contribution in [-0.2, 0) is 0 Å². The second-order valence-corrected chi connectivity index (χ2v) is 7.46. The number of nitrogens with one attached hydrogen (secondary N) is 1. The summed E-state index contributed by atoms with van der Waals surface area (Å²) in [6.45, 7) is 5.01. The average molecular weight is 380 g/mol. The van der Waals surface area contributed by atoms with Gasteiger partial charge in [0, 0.05) is 30.8 Å². The number of nitrogens with zero attached hydrogens (tertiary/aromatic N) is 1. The molecule has 1 fully saturated rings. The first-order chi connectivity index (χ1) is 13.6. The normalized spacial score (nSPS) is 17.3. The van der Waals surface area contributed by atoms with Gasteiger partial charge in [-0.1, -0.05) is 30.3 Å². The Bertz CT molecular complexity index is 832. The summed E-state index contributed by atoms with van der Waals surface area (Å²) in [6, 6.07) is 15.0. The van der Waals surface area contributed by atoms with Crippen LogP contribution in [0.3, 0.4) is 0 Å². The lowest BCUT2D eigenvalue weighted by Crippen LogP contribution is -2.41. The molecule has 1 aliphatic rings. The fourth-order valence-corrected chi connectivity index (χ4v) is 3.76. The first-order valence-electron chi connectivity index (χ1n) is 9.89. The van der Waals surface area contributed by atoms with Crippen molar-refractivity contribution >= 4 is 11.7 Å². The van der Waals surface area contributed by atoms with E-state index >= 15 is 0 Å². The van der Waals surface area contributed by atoms with Crippen LogP contribution in [0.4, 0.5) is 0 Å². The quantitative estimate of drug-likeness (QED) is 0.725. The average Bonchev–Trinajstić information content (AvgIpc) is 2.73. The van der Waals surface area contributed by atoms with Crippen molar-refractivity contribution in [1.82, 2.24) is 10.2 Å². The molecule has 1 atom stereocenters. The highest BCUT2D eigenvalue weighted by Crippen LogP contribution is 2.22. The third-order valence-electron chi connectivity index (χ3n) is 5.30. The lowest BCUT2D eigenvalue weighted by Gasteiger charge is -2.32. The van der Waals surface area contributed by atoms with Crippen molar-refractivity contribution in [3.8, 4) is 11.1 Å². The number of piperidine rings is 1. The van der Waals surface area contributed by atoms with Crippen LogP contribution in [0.15, 0.2) is 48.5 Å². The molecule has 0 aromatic heterocycles. The van der Waals surface area contributed by atoms with Crippen molar-refractivity contribution in [1.29, 1.82) is 0 Å². The molecule has 1 saturated heterocycles. The van der Waals surface area contributed by atoms with Crippen molar-refractivity contribution in [2.45, 2.75) is 19.8 Å². The van der Waals surface area contributed by atoms with Gasteiger partial charge >= 0.3 is 0 Å². The van der Waals surface area contributed by atoms with E-state index in [-0.39, 0.29) is 18.3 Å². The van der Waals surface area contributed by atoms with Crippen LogP contribution in [0.2, 0.25) is 0 Å². The summed E-state index contributed by atoms with van der Waals surface area (Å²) in [6.07, 6.45) is 2.20. The number of hydrogen-bond acceptors (Lipinski definition) is 4. The van der Waals surface area contributed by atoms with Crippen LogP contribution in [0.1, 0.15) is 40.5 Å². The molecule has 0 radical (unpaired) electrons. The van der Waals surface area contributed by atoms with E-state index in [9.17, 15) is 9.59 Å². The molecule has 2 aromatic rings. The number of benzene rings is 2. The number of aliphatic hydroxyl groups excluding tert-OH is 1. The fourth-order valence-electron chi connectivity index (χ4n) is 3.76. The molecule has 5 nitrogen and oxygen atoms in total. The van der Waals surface area contributed by atoms with Gasteiger partial charge in [-0.05, 0) is 61.6 Å². The lowest BCUT2D eigenvalue weighted by molar-refractivity contribution is 0.0924. The Morgan fingerprint density at radius 3 is 2.46 bits per heavy atom. The highest BCUT2D eigenvalue weighted by Gasteiger charge is 2.20. The summed E-state index contributed by atoms with van der Waals surface area (Å²) in [5.41, 5.74) is 3.13. The Hall–Kier alpha value is -2.50. The molecule has 3 rings (SSSR count). The molecule has 0 unspecified atom stereocenters. The number of hydrogen-bond donors (Lipinski definition) is 2. The largest absolute Gasteiger partial charge is 0.395 e. The van der Waals surface area contributed by atoms with E-state index in [4.69, 9.17) is 5.11 Å². The molecule has 1 heterocycles.